The number of nitrogens with one attached hydrogen (secondary N) is 1. The fraction of sp³-hybridized carbons (Fsp3) is 0.562. The second-order valence-corrected chi connectivity index (χ2v) is 4.94. The molecule has 20 heavy (non-hydrogen) atoms. The van der Waals surface area contributed by atoms with Crippen LogP contribution in [0, 0.1) is 17.2 Å². The number of rotatable bonds is 8. The van der Waals surface area contributed by atoms with Crippen molar-refractivity contribution in [3.8, 4) is 17.6 Å². The minimum absolute atomic E-state index is 0.327. The van der Waals surface area contributed by atoms with E-state index in [1.807, 2.05) is 32.0 Å². The van der Waals surface area contributed by atoms with E-state index in [1.165, 1.54) is 0 Å². The fourth-order valence-corrected chi connectivity index (χ4v) is 1.84. The first-order valence-corrected chi connectivity index (χ1v) is 7.14. The van der Waals surface area contributed by atoms with Gasteiger partial charge in [-0.3, -0.25) is 5.32 Å². The van der Waals surface area contributed by atoms with Gasteiger partial charge in [-0.1, -0.05) is 19.9 Å². The average molecular weight is 276 g/mol. The van der Waals surface area contributed by atoms with Crippen LogP contribution in [-0.2, 0) is 0 Å². The van der Waals surface area contributed by atoms with E-state index in [0.29, 0.717) is 24.9 Å². The number of nitriles is 1. The number of hydrogen-bond donors (Lipinski definition) is 1. The van der Waals surface area contributed by atoms with Crippen LogP contribution in [0.25, 0.3) is 0 Å². The first kappa shape index (κ1) is 16.3. The Balaban J connectivity index is 2.93. The Labute approximate surface area is 121 Å². The topological polar surface area (TPSA) is 54.3 Å². The van der Waals surface area contributed by atoms with Crippen LogP contribution in [0.15, 0.2) is 18.2 Å². The largest absolute Gasteiger partial charge is 0.490 e. The molecule has 0 amide bonds. The van der Waals surface area contributed by atoms with E-state index in [4.69, 9.17) is 9.47 Å². The minimum Gasteiger partial charge on any atom is -0.490 e. The van der Waals surface area contributed by atoms with Crippen LogP contribution in [0.2, 0.25) is 0 Å². The van der Waals surface area contributed by atoms with Crippen molar-refractivity contribution in [2.45, 2.75) is 33.7 Å². The van der Waals surface area contributed by atoms with Gasteiger partial charge in [0.05, 0.1) is 19.3 Å². The van der Waals surface area contributed by atoms with Crippen molar-refractivity contribution in [1.29, 1.82) is 5.26 Å². The standard InChI is InChI=1S/C16H24N2O2/c1-5-19-15-8-7-13(9-16(15)20-6-2)14(10-17)18-11-12(3)4/h7-9,12,14,18H,5-6,11H2,1-4H3. The second-order valence-electron chi connectivity index (χ2n) is 4.94. The Hall–Kier alpha value is -1.73. The lowest BCUT2D eigenvalue weighted by molar-refractivity contribution is 0.287. The summed E-state index contributed by atoms with van der Waals surface area (Å²) in [4.78, 5) is 0. The van der Waals surface area contributed by atoms with E-state index in [0.717, 1.165) is 17.9 Å². The van der Waals surface area contributed by atoms with Crippen LogP contribution in [0.1, 0.15) is 39.3 Å². The zero-order chi connectivity index (χ0) is 15.0. The molecule has 0 spiro atoms. The molecule has 1 aromatic carbocycles. The Bertz CT molecular complexity index is 452. The zero-order valence-electron chi connectivity index (χ0n) is 12.8. The summed E-state index contributed by atoms with van der Waals surface area (Å²) in [7, 11) is 0. The van der Waals surface area contributed by atoms with E-state index in [9.17, 15) is 5.26 Å². The molecule has 0 aliphatic rings. The zero-order valence-corrected chi connectivity index (χ0v) is 12.8. The molecule has 0 saturated carbocycles. The summed E-state index contributed by atoms with van der Waals surface area (Å²) in [5, 5.41) is 12.5. The quantitative estimate of drug-likeness (QED) is 0.791. The van der Waals surface area contributed by atoms with Gasteiger partial charge in [0.1, 0.15) is 6.04 Å². The molecule has 1 aromatic rings. The highest BCUT2D eigenvalue weighted by molar-refractivity contribution is 5.45. The highest BCUT2D eigenvalue weighted by Gasteiger charge is 2.14. The molecule has 0 aromatic heterocycles. The van der Waals surface area contributed by atoms with E-state index >= 15 is 0 Å². The van der Waals surface area contributed by atoms with Gasteiger partial charge in [-0.15, -0.1) is 0 Å². The van der Waals surface area contributed by atoms with Gasteiger partial charge in [0.2, 0.25) is 0 Å². The van der Waals surface area contributed by atoms with Crippen LogP contribution < -0.4 is 14.8 Å². The van der Waals surface area contributed by atoms with Gasteiger partial charge in [0.15, 0.2) is 11.5 Å². The van der Waals surface area contributed by atoms with Gasteiger partial charge in [-0.05, 0) is 44.0 Å². The molecule has 0 aliphatic carbocycles. The summed E-state index contributed by atoms with van der Waals surface area (Å²) < 4.78 is 11.1. The van der Waals surface area contributed by atoms with Crippen LogP contribution in [0.5, 0.6) is 11.5 Å². The van der Waals surface area contributed by atoms with E-state index in [1.54, 1.807) is 0 Å². The molecule has 1 rings (SSSR count). The molecule has 0 radical (unpaired) electrons. The maximum absolute atomic E-state index is 9.30. The third-order valence-electron chi connectivity index (χ3n) is 2.76. The van der Waals surface area contributed by atoms with Gasteiger partial charge in [0, 0.05) is 0 Å². The van der Waals surface area contributed by atoms with Gasteiger partial charge in [-0.2, -0.15) is 5.26 Å². The number of benzene rings is 1. The Morgan fingerprint density at radius 3 is 2.35 bits per heavy atom. The molecule has 0 heterocycles. The normalized spacial score (nSPS) is 12.0. The molecule has 0 saturated heterocycles. The maximum atomic E-state index is 9.30. The summed E-state index contributed by atoms with van der Waals surface area (Å²) in [6.07, 6.45) is 0. The van der Waals surface area contributed by atoms with E-state index in [2.05, 4.69) is 25.2 Å². The minimum atomic E-state index is -0.327. The van der Waals surface area contributed by atoms with E-state index < -0.39 is 0 Å². The van der Waals surface area contributed by atoms with Crippen LogP contribution in [0.3, 0.4) is 0 Å². The second kappa shape index (κ2) is 8.44. The third kappa shape index (κ3) is 4.75. The van der Waals surface area contributed by atoms with Crippen LogP contribution in [-0.4, -0.2) is 19.8 Å². The molecule has 4 heteroatoms. The van der Waals surface area contributed by atoms with Crippen molar-refractivity contribution in [1.82, 2.24) is 5.32 Å². The first-order valence-electron chi connectivity index (χ1n) is 7.14. The summed E-state index contributed by atoms with van der Waals surface area (Å²) in [5.74, 6) is 1.91. The summed E-state index contributed by atoms with van der Waals surface area (Å²) in [5.41, 5.74) is 0.903. The highest BCUT2D eigenvalue weighted by Crippen LogP contribution is 2.30. The molecule has 4 nitrogen and oxygen atoms in total. The fourth-order valence-electron chi connectivity index (χ4n) is 1.84. The smallest absolute Gasteiger partial charge is 0.161 e. The SMILES string of the molecule is CCOc1ccc(C(C#N)NCC(C)C)cc1OCC. The summed E-state index contributed by atoms with van der Waals surface area (Å²) >= 11 is 0. The van der Waals surface area contributed by atoms with Gasteiger partial charge >= 0.3 is 0 Å². The lowest BCUT2D eigenvalue weighted by atomic mass is 10.1. The van der Waals surface area contributed by atoms with E-state index in [-0.39, 0.29) is 6.04 Å². The van der Waals surface area contributed by atoms with Gasteiger partial charge in [-0.25, -0.2) is 0 Å². The maximum Gasteiger partial charge on any atom is 0.161 e. The monoisotopic (exact) mass is 276 g/mol. The highest BCUT2D eigenvalue weighted by atomic mass is 16.5. The van der Waals surface area contributed by atoms with Crippen molar-refractivity contribution in [3.63, 3.8) is 0 Å². The average Bonchev–Trinajstić information content (AvgIpc) is 2.42. The van der Waals surface area contributed by atoms with Gasteiger partial charge < -0.3 is 9.47 Å². The van der Waals surface area contributed by atoms with Gasteiger partial charge in [0.25, 0.3) is 0 Å². The Morgan fingerprint density at radius 1 is 1.15 bits per heavy atom. The Kier molecular flexibility index (Phi) is 6.89. The molecular weight excluding hydrogens is 252 g/mol. The molecule has 110 valence electrons. The molecule has 1 N–H and O–H groups in total. The molecule has 1 atom stereocenters. The summed E-state index contributed by atoms with van der Waals surface area (Å²) in [6, 6.07) is 7.62. The predicted octanol–water partition coefficient (Wildman–Crippen LogP) is 3.29. The molecule has 0 bridgehead atoms. The molecule has 0 fully saturated rings. The van der Waals surface area contributed by atoms with Crippen molar-refractivity contribution in [3.05, 3.63) is 23.8 Å². The van der Waals surface area contributed by atoms with Crippen LogP contribution >= 0.6 is 0 Å². The first-order chi connectivity index (χ1) is 9.62. The molecular formula is C16H24N2O2. The number of nitrogens with zero attached hydrogens (tertiary/aromatic N) is 1. The molecule has 0 aliphatic heterocycles. The lowest BCUT2D eigenvalue weighted by Gasteiger charge is -2.16. The van der Waals surface area contributed by atoms with Crippen molar-refractivity contribution in [2.75, 3.05) is 19.8 Å². The predicted molar refractivity (Wildman–Crippen MR) is 80.0 cm³/mol. The number of ether oxygens (including phenoxy) is 2. The van der Waals surface area contributed by atoms with Crippen molar-refractivity contribution < 1.29 is 9.47 Å². The lowest BCUT2D eigenvalue weighted by Crippen LogP contribution is -2.24. The Morgan fingerprint density at radius 2 is 1.80 bits per heavy atom. The molecule has 1 unspecified atom stereocenters. The van der Waals surface area contributed by atoms with Crippen molar-refractivity contribution >= 4 is 0 Å². The number of hydrogen-bond acceptors (Lipinski definition) is 4. The van der Waals surface area contributed by atoms with Crippen LogP contribution in [0.4, 0.5) is 0 Å². The van der Waals surface area contributed by atoms with Crippen molar-refractivity contribution in [2.24, 2.45) is 5.92 Å². The summed E-state index contributed by atoms with van der Waals surface area (Å²) in [6.45, 7) is 10.1. The third-order valence-corrected chi connectivity index (χ3v) is 2.76.